The van der Waals surface area contributed by atoms with E-state index in [2.05, 4.69) is 9.72 Å². The minimum atomic E-state index is -4.90. The number of ether oxygens (including phenoxy) is 1. The summed E-state index contributed by atoms with van der Waals surface area (Å²) in [4.78, 5) is 3.28. The van der Waals surface area contributed by atoms with Crippen molar-refractivity contribution in [3.63, 3.8) is 0 Å². The van der Waals surface area contributed by atoms with Crippen LogP contribution in [0.15, 0.2) is 12.1 Å². The van der Waals surface area contributed by atoms with E-state index in [4.69, 9.17) is 10.4 Å². The lowest BCUT2D eigenvalue weighted by Gasteiger charge is -2.10. The normalized spacial score (nSPS) is 10.9. The topological polar surface area (TPSA) is 66.1 Å². The van der Waals surface area contributed by atoms with E-state index in [0.717, 1.165) is 6.07 Å². The second kappa shape index (κ2) is 4.14. The fourth-order valence-electron chi connectivity index (χ4n) is 0.850. The molecule has 0 aliphatic carbocycles. The van der Waals surface area contributed by atoms with Crippen molar-refractivity contribution in [2.45, 2.75) is 13.0 Å². The summed E-state index contributed by atoms with van der Waals surface area (Å²) in [6.07, 6.45) is -4.90. The van der Waals surface area contributed by atoms with Gasteiger partial charge in [0.15, 0.2) is 0 Å². The van der Waals surface area contributed by atoms with Gasteiger partial charge in [0.2, 0.25) is 5.88 Å². The number of nitriles is 1. The molecule has 0 unspecified atom stereocenters. The molecule has 4 nitrogen and oxygen atoms in total. The predicted octanol–water partition coefficient (Wildman–Crippen LogP) is 1.34. The number of rotatable bonds is 2. The van der Waals surface area contributed by atoms with Crippen molar-refractivity contribution in [1.82, 2.24) is 4.98 Å². The number of aromatic nitrogens is 1. The fraction of sp³-hybridized carbons (Fsp3) is 0.250. The van der Waals surface area contributed by atoms with Crippen molar-refractivity contribution >= 4 is 0 Å². The van der Waals surface area contributed by atoms with Crippen LogP contribution in [0, 0.1) is 11.3 Å². The number of aliphatic hydroxyl groups is 1. The Labute approximate surface area is 82.5 Å². The average molecular weight is 218 g/mol. The zero-order chi connectivity index (χ0) is 11.5. The predicted molar refractivity (Wildman–Crippen MR) is 41.6 cm³/mol. The molecule has 80 valence electrons. The van der Waals surface area contributed by atoms with Crippen LogP contribution in [0.5, 0.6) is 5.88 Å². The molecule has 0 atom stereocenters. The number of hydrogen-bond donors (Lipinski definition) is 1. The second-order valence-electron chi connectivity index (χ2n) is 2.48. The van der Waals surface area contributed by atoms with Crippen LogP contribution in [0.2, 0.25) is 0 Å². The zero-order valence-corrected chi connectivity index (χ0v) is 7.25. The summed E-state index contributed by atoms with van der Waals surface area (Å²) < 4.78 is 39.1. The van der Waals surface area contributed by atoms with Gasteiger partial charge in [0, 0.05) is 5.56 Å². The standard InChI is InChI=1S/C8H5F3N2O2/c9-8(10,11)15-7-5(4-14)1-2-6(3-12)13-7/h1-2,14H,4H2. The van der Waals surface area contributed by atoms with Crippen LogP contribution in [0.4, 0.5) is 13.2 Å². The molecule has 7 heteroatoms. The number of aliphatic hydroxyl groups excluding tert-OH is 1. The third-order valence-electron chi connectivity index (χ3n) is 1.44. The number of pyridine rings is 1. The van der Waals surface area contributed by atoms with Gasteiger partial charge in [-0.3, -0.25) is 0 Å². The Bertz CT molecular complexity index is 398. The molecular formula is C8H5F3N2O2. The molecule has 1 aromatic rings. The van der Waals surface area contributed by atoms with Crippen LogP contribution >= 0.6 is 0 Å². The number of nitrogens with zero attached hydrogens (tertiary/aromatic N) is 2. The highest BCUT2D eigenvalue weighted by Gasteiger charge is 2.32. The van der Waals surface area contributed by atoms with Gasteiger partial charge < -0.3 is 9.84 Å². The Morgan fingerprint density at radius 1 is 1.47 bits per heavy atom. The monoisotopic (exact) mass is 218 g/mol. The Hall–Kier alpha value is -1.81. The quantitative estimate of drug-likeness (QED) is 0.813. The molecule has 0 radical (unpaired) electrons. The Balaban J connectivity index is 3.08. The molecule has 0 spiro atoms. The highest BCUT2D eigenvalue weighted by atomic mass is 19.4. The maximum absolute atomic E-state index is 11.9. The molecule has 1 rings (SSSR count). The van der Waals surface area contributed by atoms with E-state index in [-0.39, 0.29) is 11.3 Å². The van der Waals surface area contributed by atoms with Crippen molar-refractivity contribution in [3.05, 3.63) is 23.4 Å². The zero-order valence-electron chi connectivity index (χ0n) is 7.25. The molecule has 0 aromatic carbocycles. The van der Waals surface area contributed by atoms with Gasteiger partial charge >= 0.3 is 6.36 Å². The molecule has 0 aliphatic heterocycles. The van der Waals surface area contributed by atoms with Crippen molar-refractivity contribution < 1.29 is 23.0 Å². The van der Waals surface area contributed by atoms with E-state index in [9.17, 15) is 13.2 Å². The van der Waals surface area contributed by atoms with E-state index < -0.39 is 18.8 Å². The molecule has 0 saturated heterocycles. The molecular weight excluding hydrogens is 213 g/mol. The van der Waals surface area contributed by atoms with Crippen LogP contribution < -0.4 is 4.74 Å². The summed E-state index contributed by atoms with van der Waals surface area (Å²) in [5.41, 5.74) is -0.349. The third-order valence-corrected chi connectivity index (χ3v) is 1.44. The molecule has 0 fully saturated rings. The molecule has 1 aromatic heterocycles. The summed E-state index contributed by atoms with van der Waals surface area (Å²) in [6, 6.07) is 3.90. The van der Waals surface area contributed by atoms with Gasteiger partial charge in [-0.1, -0.05) is 0 Å². The Kier molecular flexibility index (Phi) is 3.11. The minimum Gasteiger partial charge on any atom is -0.391 e. The van der Waals surface area contributed by atoms with Crippen LogP contribution in [0.25, 0.3) is 0 Å². The van der Waals surface area contributed by atoms with Crippen LogP contribution in [-0.2, 0) is 6.61 Å². The molecule has 0 amide bonds. The summed E-state index contributed by atoms with van der Waals surface area (Å²) in [7, 11) is 0. The molecule has 0 bridgehead atoms. The SMILES string of the molecule is N#Cc1ccc(CO)c(OC(F)(F)F)n1. The molecule has 15 heavy (non-hydrogen) atoms. The highest BCUT2D eigenvalue weighted by Crippen LogP contribution is 2.24. The van der Waals surface area contributed by atoms with Gasteiger partial charge in [0.25, 0.3) is 0 Å². The molecule has 0 aliphatic rings. The lowest BCUT2D eigenvalue weighted by molar-refractivity contribution is -0.276. The lowest BCUT2D eigenvalue weighted by atomic mass is 10.2. The number of alkyl halides is 3. The maximum Gasteiger partial charge on any atom is 0.574 e. The lowest BCUT2D eigenvalue weighted by Crippen LogP contribution is -2.19. The smallest absolute Gasteiger partial charge is 0.391 e. The average Bonchev–Trinajstić information content (AvgIpc) is 2.15. The van der Waals surface area contributed by atoms with E-state index in [0.29, 0.717) is 0 Å². The Morgan fingerprint density at radius 2 is 2.13 bits per heavy atom. The maximum atomic E-state index is 11.9. The second-order valence-corrected chi connectivity index (χ2v) is 2.48. The Morgan fingerprint density at radius 3 is 2.60 bits per heavy atom. The van der Waals surface area contributed by atoms with E-state index in [1.807, 2.05) is 0 Å². The number of halogens is 3. The van der Waals surface area contributed by atoms with Gasteiger partial charge in [-0.15, -0.1) is 13.2 Å². The largest absolute Gasteiger partial charge is 0.574 e. The van der Waals surface area contributed by atoms with Gasteiger partial charge in [0.1, 0.15) is 11.8 Å². The van der Waals surface area contributed by atoms with Crippen molar-refractivity contribution in [2.75, 3.05) is 0 Å². The van der Waals surface area contributed by atoms with Crippen LogP contribution in [0.3, 0.4) is 0 Å². The summed E-state index contributed by atoms with van der Waals surface area (Å²) in [6.45, 7) is -0.649. The van der Waals surface area contributed by atoms with Crippen LogP contribution in [-0.4, -0.2) is 16.5 Å². The van der Waals surface area contributed by atoms with Gasteiger partial charge in [-0.05, 0) is 12.1 Å². The van der Waals surface area contributed by atoms with Gasteiger partial charge in [0.05, 0.1) is 6.61 Å². The first-order valence-corrected chi connectivity index (χ1v) is 3.73. The van der Waals surface area contributed by atoms with Gasteiger partial charge in [-0.2, -0.15) is 5.26 Å². The summed E-state index contributed by atoms with van der Waals surface area (Å²) in [5.74, 6) is -0.802. The third kappa shape index (κ3) is 3.11. The molecule has 1 N–H and O–H groups in total. The van der Waals surface area contributed by atoms with Crippen LogP contribution in [0.1, 0.15) is 11.3 Å². The summed E-state index contributed by atoms with van der Waals surface area (Å²) in [5, 5.41) is 17.1. The first-order chi connectivity index (χ1) is 6.96. The van der Waals surface area contributed by atoms with Crippen molar-refractivity contribution in [2.24, 2.45) is 0 Å². The highest BCUT2D eigenvalue weighted by molar-refractivity contribution is 5.32. The van der Waals surface area contributed by atoms with E-state index in [1.165, 1.54) is 6.07 Å². The van der Waals surface area contributed by atoms with Gasteiger partial charge in [-0.25, -0.2) is 4.98 Å². The number of hydrogen-bond acceptors (Lipinski definition) is 4. The summed E-state index contributed by atoms with van der Waals surface area (Å²) >= 11 is 0. The van der Waals surface area contributed by atoms with Crippen molar-refractivity contribution in [1.29, 1.82) is 5.26 Å². The first-order valence-electron chi connectivity index (χ1n) is 3.73. The van der Waals surface area contributed by atoms with E-state index >= 15 is 0 Å². The van der Waals surface area contributed by atoms with Crippen molar-refractivity contribution in [3.8, 4) is 11.9 Å². The first kappa shape index (κ1) is 11.3. The van der Waals surface area contributed by atoms with E-state index in [1.54, 1.807) is 6.07 Å². The molecule has 0 saturated carbocycles. The minimum absolute atomic E-state index is 0.133. The fourth-order valence-corrected chi connectivity index (χ4v) is 0.850. The molecule has 1 heterocycles.